The highest BCUT2D eigenvalue weighted by Gasteiger charge is 1.99. The minimum absolute atomic E-state index is 1.00. The molecule has 2 rings (SSSR count). The molecule has 1 heteroatoms. The molecule has 0 spiro atoms. The summed E-state index contributed by atoms with van der Waals surface area (Å²) in [6.07, 6.45) is 1.02. The van der Waals surface area contributed by atoms with Crippen LogP contribution in [-0.4, -0.2) is 19.0 Å². The van der Waals surface area contributed by atoms with Crippen LogP contribution in [0.2, 0.25) is 0 Å². The maximum absolute atomic E-state index is 2.30. The fourth-order valence-corrected chi connectivity index (χ4v) is 2.03. The van der Waals surface area contributed by atoms with Crippen molar-refractivity contribution in [2.45, 2.75) is 13.0 Å². The average molecular weight is 225 g/mol. The second-order valence-corrected chi connectivity index (χ2v) is 4.72. The van der Waals surface area contributed by atoms with E-state index in [1.165, 1.54) is 16.7 Å². The Morgan fingerprint density at radius 2 is 1.41 bits per heavy atom. The van der Waals surface area contributed by atoms with Gasteiger partial charge in [0.15, 0.2) is 0 Å². The zero-order chi connectivity index (χ0) is 12.1. The maximum Gasteiger partial charge on any atom is 0.0227 e. The third-order valence-corrected chi connectivity index (χ3v) is 2.74. The van der Waals surface area contributed by atoms with Gasteiger partial charge in [-0.15, -0.1) is 0 Å². The summed E-state index contributed by atoms with van der Waals surface area (Å²) in [4.78, 5) is 2.20. The second kappa shape index (κ2) is 5.65. The van der Waals surface area contributed by atoms with Gasteiger partial charge in [0.1, 0.15) is 0 Å². The zero-order valence-corrected chi connectivity index (χ0v) is 10.6. The highest BCUT2D eigenvalue weighted by atomic mass is 15.0. The van der Waals surface area contributed by atoms with Crippen LogP contribution >= 0.6 is 0 Å². The van der Waals surface area contributed by atoms with Crippen molar-refractivity contribution in [3.8, 4) is 0 Å². The summed E-state index contributed by atoms with van der Waals surface area (Å²) < 4.78 is 0. The summed E-state index contributed by atoms with van der Waals surface area (Å²) in [5.41, 5.74) is 4.13. The van der Waals surface area contributed by atoms with E-state index in [0.29, 0.717) is 0 Å². The molecule has 88 valence electrons. The van der Waals surface area contributed by atoms with Gasteiger partial charge in [0.05, 0.1) is 0 Å². The minimum atomic E-state index is 1.00. The van der Waals surface area contributed by atoms with Gasteiger partial charge < -0.3 is 4.90 Å². The highest BCUT2D eigenvalue weighted by molar-refractivity contribution is 5.29. The molecule has 0 aliphatic carbocycles. The van der Waals surface area contributed by atoms with Crippen LogP contribution in [0.3, 0.4) is 0 Å². The molecule has 0 bridgehead atoms. The average Bonchev–Trinajstić information content (AvgIpc) is 2.30. The molecule has 0 atom stereocenters. The molecule has 0 aliphatic heterocycles. The van der Waals surface area contributed by atoms with E-state index in [-0.39, 0.29) is 0 Å². The maximum atomic E-state index is 2.30. The molecule has 0 aromatic heterocycles. The summed E-state index contributed by atoms with van der Waals surface area (Å²) in [6, 6.07) is 19.5. The number of benzene rings is 2. The second-order valence-electron chi connectivity index (χ2n) is 4.72. The van der Waals surface area contributed by atoms with Gasteiger partial charge in [0, 0.05) is 6.54 Å². The molecule has 0 radical (unpaired) electrons. The zero-order valence-electron chi connectivity index (χ0n) is 10.6. The molecule has 17 heavy (non-hydrogen) atoms. The standard InChI is InChI=1S/C16H19N/c1-17(2)13-16-10-6-9-15(12-16)11-14-7-4-3-5-8-14/h3-10,12H,11,13H2,1-2H3. The van der Waals surface area contributed by atoms with E-state index in [1.54, 1.807) is 0 Å². The van der Waals surface area contributed by atoms with Crippen LogP contribution < -0.4 is 0 Å². The lowest BCUT2D eigenvalue weighted by Crippen LogP contribution is -2.10. The first kappa shape index (κ1) is 11.9. The van der Waals surface area contributed by atoms with Gasteiger partial charge in [-0.1, -0.05) is 54.6 Å². The lowest BCUT2D eigenvalue weighted by atomic mass is 10.0. The predicted octanol–water partition coefficient (Wildman–Crippen LogP) is 3.34. The SMILES string of the molecule is CN(C)Cc1cccc(Cc2ccccc2)c1. The molecule has 1 nitrogen and oxygen atoms in total. The van der Waals surface area contributed by atoms with E-state index in [2.05, 4.69) is 73.6 Å². The molecule has 0 fully saturated rings. The Bertz CT molecular complexity index is 460. The first-order valence-electron chi connectivity index (χ1n) is 6.00. The first-order chi connectivity index (χ1) is 8.24. The molecule has 0 aliphatic rings. The van der Waals surface area contributed by atoms with E-state index in [0.717, 1.165) is 13.0 Å². The van der Waals surface area contributed by atoms with Gasteiger partial charge in [-0.05, 0) is 37.2 Å². The Balaban J connectivity index is 2.11. The molecule has 0 heterocycles. The molecule has 0 N–H and O–H groups in total. The molecule has 0 unspecified atom stereocenters. The Morgan fingerprint density at radius 3 is 2.12 bits per heavy atom. The number of rotatable bonds is 4. The monoisotopic (exact) mass is 225 g/mol. The third-order valence-electron chi connectivity index (χ3n) is 2.74. The normalized spacial score (nSPS) is 10.8. The molecule has 0 amide bonds. The largest absolute Gasteiger partial charge is 0.305 e. The summed E-state index contributed by atoms with van der Waals surface area (Å²) in [5, 5.41) is 0. The summed E-state index contributed by atoms with van der Waals surface area (Å²) in [5.74, 6) is 0. The van der Waals surface area contributed by atoms with Crippen molar-refractivity contribution in [2.75, 3.05) is 14.1 Å². The van der Waals surface area contributed by atoms with Crippen molar-refractivity contribution in [1.29, 1.82) is 0 Å². The minimum Gasteiger partial charge on any atom is -0.305 e. The fourth-order valence-electron chi connectivity index (χ4n) is 2.03. The van der Waals surface area contributed by atoms with Crippen LogP contribution in [0, 0.1) is 0 Å². The first-order valence-corrected chi connectivity index (χ1v) is 6.00. The van der Waals surface area contributed by atoms with Gasteiger partial charge in [-0.25, -0.2) is 0 Å². The Labute approximate surface area is 104 Å². The molecule has 2 aromatic carbocycles. The van der Waals surface area contributed by atoms with Crippen molar-refractivity contribution in [1.82, 2.24) is 4.90 Å². The summed E-state index contributed by atoms with van der Waals surface area (Å²) >= 11 is 0. The van der Waals surface area contributed by atoms with Crippen molar-refractivity contribution in [2.24, 2.45) is 0 Å². The van der Waals surface area contributed by atoms with E-state index in [4.69, 9.17) is 0 Å². The number of nitrogens with zero attached hydrogens (tertiary/aromatic N) is 1. The quantitative estimate of drug-likeness (QED) is 0.771. The van der Waals surface area contributed by atoms with E-state index in [1.807, 2.05) is 0 Å². The van der Waals surface area contributed by atoms with Crippen LogP contribution in [-0.2, 0) is 13.0 Å². The van der Waals surface area contributed by atoms with Gasteiger partial charge >= 0.3 is 0 Å². The molecule has 2 aromatic rings. The summed E-state index contributed by atoms with van der Waals surface area (Å²) in [6.45, 7) is 1.00. The Kier molecular flexibility index (Phi) is 3.94. The number of hydrogen-bond donors (Lipinski definition) is 0. The third kappa shape index (κ3) is 3.72. The van der Waals surface area contributed by atoms with Crippen LogP contribution in [0.4, 0.5) is 0 Å². The molecular formula is C16H19N. The van der Waals surface area contributed by atoms with Gasteiger partial charge in [-0.2, -0.15) is 0 Å². The Morgan fingerprint density at radius 1 is 0.765 bits per heavy atom. The topological polar surface area (TPSA) is 3.24 Å². The lowest BCUT2D eigenvalue weighted by molar-refractivity contribution is 0.402. The van der Waals surface area contributed by atoms with E-state index < -0.39 is 0 Å². The smallest absolute Gasteiger partial charge is 0.0227 e. The van der Waals surface area contributed by atoms with Crippen LogP contribution in [0.5, 0.6) is 0 Å². The molecule has 0 saturated heterocycles. The number of hydrogen-bond acceptors (Lipinski definition) is 1. The van der Waals surface area contributed by atoms with Crippen LogP contribution in [0.15, 0.2) is 54.6 Å². The van der Waals surface area contributed by atoms with Crippen molar-refractivity contribution in [3.63, 3.8) is 0 Å². The summed E-state index contributed by atoms with van der Waals surface area (Å²) in [7, 11) is 4.20. The van der Waals surface area contributed by atoms with E-state index in [9.17, 15) is 0 Å². The Hall–Kier alpha value is -1.60. The van der Waals surface area contributed by atoms with E-state index >= 15 is 0 Å². The van der Waals surface area contributed by atoms with Gasteiger partial charge in [0.25, 0.3) is 0 Å². The van der Waals surface area contributed by atoms with Crippen molar-refractivity contribution >= 4 is 0 Å². The van der Waals surface area contributed by atoms with Crippen LogP contribution in [0.25, 0.3) is 0 Å². The highest BCUT2D eigenvalue weighted by Crippen LogP contribution is 2.12. The van der Waals surface area contributed by atoms with Crippen molar-refractivity contribution < 1.29 is 0 Å². The fraction of sp³-hybridized carbons (Fsp3) is 0.250. The molecular weight excluding hydrogens is 206 g/mol. The van der Waals surface area contributed by atoms with Crippen molar-refractivity contribution in [3.05, 3.63) is 71.3 Å². The van der Waals surface area contributed by atoms with Crippen LogP contribution in [0.1, 0.15) is 16.7 Å². The predicted molar refractivity (Wildman–Crippen MR) is 73.1 cm³/mol. The van der Waals surface area contributed by atoms with Gasteiger partial charge in [0.2, 0.25) is 0 Å². The lowest BCUT2D eigenvalue weighted by Gasteiger charge is -2.10. The molecule has 0 saturated carbocycles. The van der Waals surface area contributed by atoms with Gasteiger partial charge in [-0.3, -0.25) is 0 Å².